The fourth-order valence-corrected chi connectivity index (χ4v) is 1.57. The second kappa shape index (κ2) is 6.12. The Morgan fingerprint density at radius 1 is 1.53 bits per heavy atom. The first-order valence-electron chi connectivity index (χ1n) is 5.72. The Labute approximate surface area is 102 Å². The third kappa shape index (κ3) is 3.37. The van der Waals surface area contributed by atoms with Gasteiger partial charge in [0.1, 0.15) is 0 Å². The van der Waals surface area contributed by atoms with E-state index in [-0.39, 0.29) is 6.03 Å². The molecular weight excluding hydrogens is 220 g/mol. The molecule has 0 aromatic carbocycles. The average Bonchev–Trinajstić information content (AvgIpc) is 2.69. The van der Waals surface area contributed by atoms with E-state index in [0.717, 1.165) is 5.69 Å². The molecule has 0 saturated heterocycles. The smallest absolute Gasteiger partial charge is 0.317 e. The van der Waals surface area contributed by atoms with Crippen LogP contribution >= 0.6 is 0 Å². The summed E-state index contributed by atoms with van der Waals surface area (Å²) in [7, 11) is 3.39. The molecule has 0 unspecified atom stereocenters. The van der Waals surface area contributed by atoms with Crippen molar-refractivity contribution >= 4 is 6.03 Å². The first-order chi connectivity index (χ1) is 8.12. The Balaban J connectivity index is 2.52. The number of carbonyl (C=O) groups excluding carboxylic acids is 1. The zero-order chi connectivity index (χ0) is 12.8. The molecule has 0 saturated carbocycles. The highest BCUT2D eigenvalue weighted by Gasteiger charge is 2.10. The predicted octanol–water partition coefficient (Wildman–Crippen LogP) is 0.980. The van der Waals surface area contributed by atoms with Crippen molar-refractivity contribution in [3.8, 4) is 5.88 Å². The number of aromatic nitrogens is 2. The van der Waals surface area contributed by atoms with E-state index >= 15 is 0 Å². The fraction of sp³-hybridized carbons (Fsp3) is 0.636. The summed E-state index contributed by atoms with van der Waals surface area (Å²) >= 11 is 0. The molecule has 96 valence electrons. The van der Waals surface area contributed by atoms with Gasteiger partial charge < -0.3 is 15.0 Å². The topological polar surface area (TPSA) is 59.4 Å². The highest BCUT2D eigenvalue weighted by atomic mass is 16.5. The second-order valence-electron chi connectivity index (χ2n) is 3.63. The molecule has 1 heterocycles. The summed E-state index contributed by atoms with van der Waals surface area (Å²) in [5.74, 6) is 0.678. The monoisotopic (exact) mass is 240 g/mol. The number of nitrogens with one attached hydrogen (secondary N) is 1. The minimum absolute atomic E-state index is 0.0698. The van der Waals surface area contributed by atoms with Crippen LogP contribution in [0.2, 0.25) is 0 Å². The number of amides is 2. The molecule has 1 aromatic heterocycles. The van der Waals surface area contributed by atoms with Gasteiger partial charge in [-0.3, -0.25) is 0 Å². The number of hydrogen-bond acceptors (Lipinski definition) is 3. The van der Waals surface area contributed by atoms with Crippen molar-refractivity contribution in [2.45, 2.75) is 20.4 Å². The zero-order valence-corrected chi connectivity index (χ0v) is 10.9. The zero-order valence-electron chi connectivity index (χ0n) is 10.9. The Hall–Kier alpha value is -1.72. The van der Waals surface area contributed by atoms with Crippen LogP contribution in [0, 0.1) is 0 Å². The summed E-state index contributed by atoms with van der Waals surface area (Å²) in [5.41, 5.74) is 0.782. The average molecular weight is 240 g/mol. The highest BCUT2D eigenvalue weighted by Crippen LogP contribution is 2.10. The quantitative estimate of drug-likeness (QED) is 0.834. The van der Waals surface area contributed by atoms with Crippen molar-refractivity contribution in [3.05, 3.63) is 11.8 Å². The van der Waals surface area contributed by atoms with Crippen molar-refractivity contribution in [1.29, 1.82) is 0 Å². The standard InChI is InChI=1S/C11H20N4O2/c1-5-15(6-2)11(16)12-8-9-7-10(17-4)14(3)13-9/h7H,5-6,8H2,1-4H3,(H,12,16). The van der Waals surface area contributed by atoms with E-state index in [9.17, 15) is 4.79 Å². The fourth-order valence-electron chi connectivity index (χ4n) is 1.57. The molecule has 0 bridgehead atoms. The molecule has 1 aromatic rings. The van der Waals surface area contributed by atoms with Gasteiger partial charge in [-0.1, -0.05) is 0 Å². The van der Waals surface area contributed by atoms with Crippen LogP contribution in [0.4, 0.5) is 4.79 Å². The second-order valence-corrected chi connectivity index (χ2v) is 3.63. The van der Waals surface area contributed by atoms with Crippen LogP contribution in [-0.4, -0.2) is 40.9 Å². The molecule has 1 N–H and O–H groups in total. The maximum Gasteiger partial charge on any atom is 0.317 e. The Morgan fingerprint density at radius 3 is 2.65 bits per heavy atom. The molecule has 0 spiro atoms. The van der Waals surface area contributed by atoms with Gasteiger partial charge in [-0.15, -0.1) is 0 Å². The third-order valence-corrected chi connectivity index (χ3v) is 2.57. The molecule has 0 aliphatic heterocycles. The van der Waals surface area contributed by atoms with Crippen molar-refractivity contribution < 1.29 is 9.53 Å². The minimum Gasteiger partial charge on any atom is -0.481 e. The predicted molar refractivity (Wildman–Crippen MR) is 64.9 cm³/mol. The van der Waals surface area contributed by atoms with Crippen LogP contribution in [0.25, 0.3) is 0 Å². The van der Waals surface area contributed by atoms with E-state index in [0.29, 0.717) is 25.5 Å². The van der Waals surface area contributed by atoms with Gasteiger partial charge in [-0.2, -0.15) is 5.10 Å². The Kier molecular flexibility index (Phi) is 4.81. The van der Waals surface area contributed by atoms with Gasteiger partial charge in [0.25, 0.3) is 0 Å². The van der Waals surface area contributed by atoms with Gasteiger partial charge in [0, 0.05) is 26.2 Å². The lowest BCUT2D eigenvalue weighted by atomic mass is 10.4. The molecule has 0 fully saturated rings. The van der Waals surface area contributed by atoms with Gasteiger partial charge in [-0.25, -0.2) is 9.48 Å². The molecule has 0 aliphatic carbocycles. The van der Waals surface area contributed by atoms with Gasteiger partial charge >= 0.3 is 6.03 Å². The van der Waals surface area contributed by atoms with Crippen LogP contribution in [0.1, 0.15) is 19.5 Å². The number of ether oxygens (including phenoxy) is 1. The molecule has 0 atom stereocenters. The number of aryl methyl sites for hydroxylation is 1. The number of carbonyl (C=O) groups is 1. The van der Waals surface area contributed by atoms with Crippen LogP contribution in [-0.2, 0) is 13.6 Å². The van der Waals surface area contributed by atoms with E-state index < -0.39 is 0 Å². The third-order valence-electron chi connectivity index (χ3n) is 2.57. The maximum atomic E-state index is 11.7. The molecule has 6 nitrogen and oxygen atoms in total. The normalized spacial score (nSPS) is 10.1. The minimum atomic E-state index is -0.0698. The number of hydrogen-bond donors (Lipinski definition) is 1. The lowest BCUT2D eigenvalue weighted by Gasteiger charge is -2.18. The van der Waals surface area contributed by atoms with E-state index in [1.807, 2.05) is 19.9 Å². The molecule has 6 heteroatoms. The summed E-state index contributed by atoms with van der Waals surface area (Å²) in [6.45, 7) is 5.72. The van der Waals surface area contributed by atoms with Crippen LogP contribution < -0.4 is 10.1 Å². The summed E-state index contributed by atoms with van der Waals surface area (Å²) < 4.78 is 6.74. The number of urea groups is 1. The summed E-state index contributed by atoms with van der Waals surface area (Å²) in [6.07, 6.45) is 0. The molecule has 2 amide bonds. The molecule has 0 radical (unpaired) electrons. The Morgan fingerprint density at radius 2 is 2.18 bits per heavy atom. The number of methoxy groups -OCH3 is 1. The van der Waals surface area contributed by atoms with E-state index in [4.69, 9.17) is 4.74 Å². The van der Waals surface area contributed by atoms with Crippen LogP contribution in [0.15, 0.2) is 6.07 Å². The van der Waals surface area contributed by atoms with Crippen molar-refractivity contribution in [2.75, 3.05) is 20.2 Å². The lowest BCUT2D eigenvalue weighted by molar-refractivity contribution is 0.202. The van der Waals surface area contributed by atoms with Crippen molar-refractivity contribution in [2.24, 2.45) is 7.05 Å². The van der Waals surface area contributed by atoms with Gasteiger partial charge in [0.2, 0.25) is 5.88 Å². The van der Waals surface area contributed by atoms with E-state index in [1.165, 1.54) is 0 Å². The van der Waals surface area contributed by atoms with Crippen LogP contribution in [0.5, 0.6) is 5.88 Å². The molecule has 1 rings (SSSR count). The number of nitrogens with zero attached hydrogens (tertiary/aromatic N) is 3. The lowest BCUT2D eigenvalue weighted by Crippen LogP contribution is -2.39. The Bertz CT molecular complexity index is 372. The summed E-state index contributed by atoms with van der Waals surface area (Å²) in [5, 5.41) is 7.04. The maximum absolute atomic E-state index is 11.7. The molecule has 17 heavy (non-hydrogen) atoms. The van der Waals surface area contributed by atoms with Crippen LogP contribution in [0.3, 0.4) is 0 Å². The van der Waals surface area contributed by atoms with E-state index in [1.54, 1.807) is 23.7 Å². The number of rotatable bonds is 5. The summed E-state index contributed by atoms with van der Waals surface area (Å²) in [4.78, 5) is 13.4. The van der Waals surface area contributed by atoms with Crippen molar-refractivity contribution in [1.82, 2.24) is 20.0 Å². The summed E-state index contributed by atoms with van der Waals surface area (Å²) in [6, 6.07) is 1.74. The highest BCUT2D eigenvalue weighted by molar-refractivity contribution is 5.73. The molecular formula is C11H20N4O2. The van der Waals surface area contributed by atoms with Gasteiger partial charge in [0.05, 0.1) is 19.3 Å². The van der Waals surface area contributed by atoms with Gasteiger partial charge in [0.15, 0.2) is 0 Å². The van der Waals surface area contributed by atoms with Crippen molar-refractivity contribution in [3.63, 3.8) is 0 Å². The first-order valence-corrected chi connectivity index (χ1v) is 5.72. The largest absolute Gasteiger partial charge is 0.481 e. The molecule has 0 aliphatic rings. The van der Waals surface area contributed by atoms with Gasteiger partial charge in [-0.05, 0) is 13.8 Å². The van der Waals surface area contributed by atoms with E-state index in [2.05, 4.69) is 10.4 Å². The SMILES string of the molecule is CCN(CC)C(=O)NCc1cc(OC)n(C)n1. The first kappa shape index (κ1) is 13.3.